The summed E-state index contributed by atoms with van der Waals surface area (Å²) in [5, 5.41) is 2.39. The van der Waals surface area contributed by atoms with Gasteiger partial charge in [-0.3, -0.25) is 0 Å². The minimum atomic E-state index is -0.263. The summed E-state index contributed by atoms with van der Waals surface area (Å²) in [4.78, 5) is 3.53. The Morgan fingerprint density at radius 3 is 2.73 bits per heavy atom. The molecule has 0 saturated heterocycles. The van der Waals surface area contributed by atoms with Crippen LogP contribution in [-0.4, -0.2) is 17.7 Å². The van der Waals surface area contributed by atoms with Crippen molar-refractivity contribution in [3.63, 3.8) is 0 Å². The molecule has 0 atom stereocenters. The van der Waals surface area contributed by atoms with Crippen molar-refractivity contribution in [2.24, 2.45) is 0 Å². The molecule has 0 radical (unpaired) electrons. The molecule has 1 N–H and O–H groups in total. The smallest absolute Gasteiger partial charge is 0.132 e. The Kier molecular flexibility index (Phi) is 2.59. The van der Waals surface area contributed by atoms with Crippen LogP contribution in [-0.2, 0) is 0 Å². The second kappa shape index (κ2) is 4.29. The number of H-pyrrole nitrogens is 1. The molecule has 1 aliphatic heterocycles. The van der Waals surface area contributed by atoms with E-state index in [-0.39, 0.29) is 5.60 Å². The van der Waals surface area contributed by atoms with E-state index >= 15 is 0 Å². The number of methoxy groups -OCH3 is 1. The maximum atomic E-state index is 6.17. The first kappa shape index (κ1) is 13.3. The van der Waals surface area contributed by atoms with E-state index in [1.54, 1.807) is 7.11 Å². The third-order valence-corrected chi connectivity index (χ3v) is 4.30. The van der Waals surface area contributed by atoms with E-state index in [2.05, 4.69) is 56.1 Å². The average molecular weight is 293 g/mol. The van der Waals surface area contributed by atoms with E-state index in [0.717, 1.165) is 33.7 Å². The lowest BCUT2D eigenvalue weighted by Crippen LogP contribution is -2.28. The van der Waals surface area contributed by atoms with Gasteiger partial charge in [0, 0.05) is 21.9 Å². The van der Waals surface area contributed by atoms with Crippen LogP contribution in [0.1, 0.15) is 25.0 Å². The molecular weight excluding hydrogens is 274 g/mol. The lowest BCUT2D eigenvalue weighted by molar-refractivity contribution is 0.158. The van der Waals surface area contributed by atoms with Crippen LogP contribution in [0.2, 0.25) is 0 Å². The van der Waals surface area contributed by atoms with Crippen LogP contribution < -0.4 is 9.47 Å². The van der Waals surface area contributed by atoms with Gasteiger partial charge in [-0.25, -0.2) is 0 Å². The van der Waals surface area contributed by atoms with Gasteiger partial charge in [-0.2, -0.15) is 0 Å². The summed E-state index contributed by atoms with van der Waals surface area (Å²) >= 11 is 0. The van der Waals surface area contributed by atoms with Crippen LogP contribution in [0, 0.1) is 6.92 Å². The van der Waals surface area contributed by atoms with E-state index in [0.29, 0.717) is 0 Å². The molecule has 22 heavy (non-hydrogen) atoms. The number of fused-ring (bicyclic) bond motifs is 5. The third-order valence-electron chi connectivity index (χ3n) is 4.30. The van der Waals surface area contributed by atoms with Crippen LogP contribution in [0.4, 0.5) is 0 Å². The van der Waals surface area contributed by atoms with Crippen molar-refractivity contribution in [1.82, 2.24) is 4.98 Å². The van der Waals surface area contributed by atoms with E-state index < -0.39 is 0 Å². The Morgan fingerprint density at radius 2 is 1.95 bits per heavy atom. The molecule has 0 aliphatic carbocycles. The number of nitrogens with one attached hydrogen (secondary N) is 1. The first-order valence-electron chi connectivity index (χ1n) is 7.50. The van der Waals surface area contributed by atoms with Crippen LogP contribution in [0.5, 0.6) is 11.5 Å². The number of aromatic amines is 1. The second-order valence-corrected chi connectivity index (χ2v) is 6.43. The largest absolute Gasteiger partial charge is 0.497 e. The zero-order valence-corrected chi connectivity index (χ0v) is 13.3. The number of benzene rings is 2. The van der Waals surface area contributed by atoms with Gasteiger partial charge in [0.2, 0.25) is 0 Å². The van der Waals surface area contributed by atoms with Gasteiger partial charge in [0.05, 0.1) is 12.6 Å². The Hall–Kier alpha value is -2.42. The van der Waals surface area contributed by atoms with Crippen LogP contribution >= 0.6 is 0 Å². The van der Waals surface area contributed by atoms with Crippen LogP contribution in [0.15, 0.2) is 30.3 Å². The molecule has 0 unspecified atom stereocenters. The molecular formula is C19H19NO2. The van der Waals surface area contributed by atoms with Crippen molar-refractivity contribution >= 4 is 27.9 Å². The zero-order valence-electron chi connectivity index (χ0n) is 13.3. The predicted molar refractivity (Wildman–Crippen MR) is 90.8 cm³/mol. The van der Waals surface area contributed by atoms with Crippen molar-refractivity contribution < 1.29 is 9.47 Å². The van der Waals surface area contributed by atoms with E-state index in [1.165, 1.54) is 10.8 Å². The van der Waals surface area contributed by atoms with Gasteiger partial charge in [-0.1, -0.05) is 0 Å². The molecule has 0 spiro atoms. The topological polar surface area (TPSA) is 34.2 Å². The Bertz CT molecular complexity index is 932. The summed E-state index contributed by atoms with van der Waals surface area (Å²) in [6.45, 7) is 6.25. The van der Waals surface area contributed by atoms with Gasteiger partial charge in [-0.05, 0) is 62.8 Å². The fourth-order valence-electron chi connectivity index (χ4n) is 3.16. The normalized spacial score (nSPS) is 15.8. The minimum absolute atomic E-state index is 0.263. The van der Waals surface area contributed by atoms with E-state index in [4.69, 9.17) is 9.47 Å². The van der Waals surface area contributed by atoms with Crippen molar-refractivity contribution in [1.29, 1.82) is 0 Å². The first-order valence-corrected chi connectivity index (χ1v) is 7.50. The number of aromatic nitrogens is 1. The fraction of sp³-hybridized carbons (Fsp3) is 0.263. The molecule has 2 aromatic carbocycles. The van der Waals surface area contributed by atoms with Gasteiger partial charge < -0.3 is 14.5 Å². The third kappa shape index (κ3) is 1.82. The summed E-state index contributed by atoms with van der Waals surface area (Å²) in [5.74, 6) is 1.84. The van der Waals surface area contributed by atoms with Crippen LogP contribution in [0.3, 0.4) is 0 Å². The lowest BCUT2D eigenvalue weighted by Gasteiger charge is -2.29. The average Bonchev–Trinajstić information content (AvgIpc) is 2.84. The SMILES string of the molecule is COc1ccc2[nH]c3c4c(c(C)cc3c2c1)OC(C)(C)C=C4. The Balaban J connectivity index is 2.08. The molecule has 3 heteroatoms. The monoisotopic (exact) mass is 293 g/mol. The van der Waals surface area contributed by atoms with Crippen molar-refractivity contribution in [2.75, 3.05) is 7.11 Å². The molecule has 4 rings (SSSR count). The summed E-state index contributed by atoms with van der Waals surface area (Å²) in [7, 11) is 1.70. The highest BCUT2D eigenvalue weighted by molar-refractivity contribution is 6.11. The Morgan fingerprint density at radius 1 is 1.14 bits per heavy atom. The van der Waals surface area contributed by atoms with Crippen molar-refractivity contribution in [3.05, 3.63) is 41.5 Å². The van der Waals surface area contributed by atoms with Gasteiger partial charge in [0.15, 0.2) is 0 Å². The molecule has 3 aromatic rings. The number of aryl methyl sites for hydroxylation is 1. The molecule has 1 aromatic heterocycles. The highest BCUT2D eigenvalue weighted by atomic mass is 16.5. The molecule has 0 fully saturated rings. The summed E-state index contributed by atoms with van der Waals surface area (Å²) in [6.07, 6.45) is 4.28. The first-order chi connectivity index (χ1) is 10.5. The highest BCUT2D eigenvalue weighted by Gasteiger charge is 2.25. The van der Waals surface area contributed by atoms with E-state index in [9.17, 15) is 0 Å². The van der Waals surface area contributed by atoms with Crippen LogP contribution in [0.25, 0.3) is 27.9 Å². The molecule has 112 valence electrons. The lowest BCUT2D eigenvalue weighted by atomic mass is 9.97. The minimum Gasteiger partial charge on any atom is -0.497 e. The predicted octanol–water partition coefficient (Wildman–Crippen LogP) is 4.82. The summed E-state index contributed by atoms with van der Waals surface area (Å²) in [5.41, 5.74) is 4.26. The van der Waals surface area contributed by atoms with E-state index in [1.807, 2.05) is 6.07 Å². The Labute approximate surface area is 129 Å². The number of hydrogen-bond acceptors (Lipinski definition) is 2. The second-order valence-electron chi connectivity index (χ2n) is 6.43. The van der Waals surface area contributed by atoms with Gasteiger partial charge in [0.25, 0.3) is 0 Å². The number of ether oxygens (including phenoxy) is 2. The molecule has 0 saturated carbocycles. The fourth-order valence-corrected chi connectivity index (χ4v) is 3.16. The summed E-state index contributed by atoms with van der Waals surface area (Å²) in [6, 6.07) is 8.32. The summed E-state index contributed by atoms with van der Waals surface area (Å²) < 4.78 is 11.5. The molecule has 1 aliphatic rings. The van der Waals surface area contributed by atoms with Crippen molar-refractivity contribution in [3.8, 4) is 11.5 Å². The quantitative estimate of drug-likeness (QED) is 0.698. The molecule has 0 amide bonds. The maximum absolute atomic E-state index is 6.17. The maximum Gasteiger partial charge on any atom is 0.132 e. The molecule has 2 heterocycles. The number of rotatable bonds is 1. The zero-order chi connectivity index (χ0) is 15.5. The number of hydrogen-bond donors (Lipinski definition) is 1. The van der Waals surface area contributed by atoms with Gasteiger partial charge >= 0.3 is 0 Å². The molecule has 3 nitrogen and oxygen atoms in total. The van der Waals surface area contributed by atoms with Gasteiger partial charge in [-0.15, -0.1) is 0 Å². The standard InChI is InChI=1S/C19H19NO2/c1-11-9-15-14-10-12(21-4)5-6-16(14)20-17(15)13-7-8-19(2,3)22-18(11)13/h5-10,20H,1-4H3. The molecule has 0 bridgehead atoms. The van der Waals surface area contributed by atoms with Crippen molar-refractivity contribution in [2.45, 2.75) is 26.4 Å². The highest BCUT2D eigenvalue weighted by Crippen LogP contribution is 2.41. The van der Waals surface area contributed by atoms with Gasteiger partial charge in [0.1, 0.15) is 17.1 Å².